The van der Waals surface area contributed by atoms with Crippen LogP contribution in [0.15, 0.2) is 87.6 Å². The maximum Gasteiger partial charge on any atom is 0.264 e. The second kappa shape index (κ2) is 13.8. The molecule has 0 amide bonds. The second-order valence-electron chi connectivity index (χ2n) is 8.98. The molecule has 3 aromatic carbocycles. The molecule has 0 spiro atoms. The van der Waals surface area contributed by atoms with Crippen LogP contribution in [-0.4, -0.2) is 66.8 Å². The molecule has 0 N–H and O–H groups in total. The van der Waals surface area contributed by atoms with Crippen LogP contribution in [-0.2, 0) is 28.6 Å². The van der Waals surface area contributed by atoms with Gasteiger partial charge in [0, 0.05) is 46.0 Å². The van der Waals surface area contributed by atoms with Gasteiger partial charge in [-0.25, -0.2) is 4.98 Å². The Balaban J connectivity index is 1.39. The van der Waals surface area contributed by atoms with Gasteiger partial charge in [-0.1, -0.05) is 52.3 Å². The van der Waals surface area contributed by atoms with Gasteiger partial charge in [-0.2, -0.15) is 16.8 Å². The van der Waals surface area contributed by atoms with Gasteiger partial charge < -0.3 is 4.90 Å². The van der Waals surface area contributed by atoms with Crippen molar-refractivity contribution >= 4 is 65.1 Å². The van der Waals surface area contributed by atoms with Gasteiger partial charge in [0.05, 0.1) is 37.1 Å². The number of thiazole rings is 1. The summed E-state index contributed by atoms with van der Waals surface area (Å²) in [6.07, 6.45) is 3.70. The van der Waals surface area contributed by atoms with Crippen molar-refractivity contribution in [3.63, 3.8) is 0 Å². The van der Waals surface area contributed by atoms with Gasteiger partial charge in [-0.05, 0) is 42.0 Å². The predicted molar refractivity (Wildman–Crippen MR) is 168 cm³/mol. The molecule has 0 fully saturated rings. The Bertz CT molecular complexity index is 1650. The molecule has 0 aliphatic rings. The summed E-state index contributed by atoms with van der Waals surface area (Å²) in [7, 11) is -7.18. The average molecular weight is 679 g/mol. The van der Waals surface area contributed by atoms with E-state index in [-0.39, 0.29) is 26.3 Å². The van der Waals surface area contributed by atoms with E-state index < -0.39 is 20.2 Å². The minimum atomic E-state index is -3.59. The van der Waals surface area contributed by atoms with E-state index in [9.17, 15) is 16.8 Å². The largest absolute Gasteiger partial charge is 0.367 e. The van der Waals surface area contributed by atoms with Crippen molar-refractivity contribution in [2.75, 3.05) is 43.7 Å². The molecule has 0 aliphatic heterocycles. The number of aliphatic imine (C=N–C) groups is 1. The van der Waals surface area contributed by atoms with Gasteiger partial charge in [-0.3, -0.25) is 13.4 Å². The summed E-state index contributed by atoms with van der Waals surface area (Å²) < 4.78 is 56.0. The first-order valence-electron chi connectivity index (χ1n) is 12.3. The van der Waals surface area contributed by atoms with Crippen molar-refractivity contribution < 1.29 is 25.2 Å². The van der Waals surface area contributed by atoms with Crippen molar-refractivity contribution in [3.8, 4) is 21.8 Å². The zero-order chi connectivity index (χ0) is 29.5. The molecule has 0 aliphatic carbocycles. The first-order chi connectivity index (χ1) is 19.4. The first kappa shape index (κ1) is 31.0. The predicted octanol–water partition coefficient (Wildman–Crippen LogP) is 5.75. The minimum Gasteiger partial charge on any atom is -0.367 e. The number of nitrogens with zero attached hydrogens (tertiary/aromatic N) is 3. The molecule has 216 valence electrons. The Morgan fingerprint density at radius 1 is 0.829 bits per heavy atom. The fourth-order valence-corrected chi connectivity index (χ4v) is 5.59. The summed E-state index contributed by atoms with van der Waals surface area (Å²) in [5, 5.41) is 3.00. The molecule has 13 heteroatoms. The quantitative estimate of drug-likeness (QED) is 0.130. The summed E-state index contributed by atoms with van der Waals surface area (Å²) >= 11 is 5.06. The lowest BCUT2D eigenvalue weighted by Crippen LogP contribution is -2.32. The van der Waals surface area contributed by atoms with E-state index in [4.69, 9.17) is 13.4 Å². The topological polar surface area (TPSA) is 115 Å². The van der Waals surface area contributed by atoms with Crippen LogP contribution in [0.4, 0.5) is 11.4 Å². The van der Waals surface area contributed by atoms with E-state index >= 15 is 0 Å². The summed E-state index contributed by atoms with van der Waals surface area (Å²) in [6.45, 7) is 0.292. The van der Waals surface area contributed by atoms with Crippen LogP contribution in [0.2, 0.25) is 0 Å². The van der Waals surface area contributed by atoms with Crippen LogP contribution >= 0.6 is 27.3 Å². The summed E-state index contributed by atoms with van der Waals surface area (Å²) in [6, 6.07) is 23.4. The third-order valence-corrected chi connectivity index (χ3v) is 8.31. The maximum absolute atomic E-state index is 11.3. The molecule has 0 radical (unpaired) electrons. The van der Waals surface area contributed by atoms with E-state index in [1.165, 1.54) is 0 Å². The van der Waals surface area contributed by atoms with Gasteiger partial charge in [0.15, 0.2) is 0 Å². The Kier molecular flexibility index (Phi) is 10.4. The Morgan fingerprint density at radius 3 is 1.95 bits per heavy atom. The number of halogens is 1. The van der Waals surface area contributed by atoms with Crippen molar-refractivity contribution in [1.82, 2.24) is 4.98 Å². The smallest absolute Gasteiger partial charge is 0.264 e. The van der Waals surface area contributed by atoms with Crippen molar-refractivity contribution in [2.45, 2.75) is 0 Å². The van der Waals surface area contributed by atoms with Gasteiger partial charge >= 0.3 is 0 Å². The zero-order valence-corrected chi connectivity index (χ0v) is 26.3. The van der Waals surface area contributed by atoms with Crippen LogP contribution in [0, 0.1) is 0 Å². The highest BCUT2D eigenvalue weighted by Gasteiger charge is 2.11. The molecule has 9 nitrogen and oxygen atoms in total. The second-order valence-corrected chi connectivity index (χ2v) is 14.0. The molecule has 0 atom stereocenters. The number of anilines is 1. The number of hydrogen-bond acceptors (Lipinski definition) is 10. The zero-order valence-electron chi connectivity index (χ0n) is 22.3. The van der Waals surface area contributed by atoms with Gasteiger partial charge in [-0.15, -0.1) is 11.3 Å². The Hall–Kier alpha value is -2.94. The van der Waals surface area contributed by atoms with E-state index in [0.717, 1.165) is 55.8 Å². The van der Waals surface area contributed by atoms with Crippen LogP contribution < -0.4 is 4.90 Å². The van der Waals surface area contributed by atoms with Crippen molar-refractivity contribution in [2.24, 2.45) is 4.99 Å². The monoisotopic (exact) mass is 677 g/mol. The molecule has 0 saturated heterocycles. The van der Waals surface area contributed by atoms with Gasteiger partial charge in [0.1, 0.15) is 5.01 Å². The van der Waals surface area contributed by atoms with Gasteiger partial charge in [0.25, 0.3) is 20.2 Å². The lowest BCUT2D eigenvalue weighted by molar-refractivity contribution is 0.309. The molecule has 1 heterocycles. The fraction of sp³-hybridized carbons (Fsp3) is 0.214. The van der Waals surface area contributed by atoms with Crippen LogP contribution in [0.1, 0.15) is 5.56 Å². The molecule has 0 bridgehead atoms. The fourth-order valence-electron chi connectivity index (χ4n) is 3.74. The summed E-state index contributed by atoms with van der Waals surface area (Å²) in [4.78, 5) is 11.1. The van der Waals surface area contributed by atoms with Crippen molar-refractivity contribution in [1.29, 1.82) is 0 Å². The molecular weight excluding hydrogens is 650 g/mol. The third-order valence-electron chi connectivity index (χ3n) is 5.70. The standard InChI is InChI=1S/C28H28BrN3O6S3/c1-40(33,34)37-17-15-32(16-18-38-41(2,35)36)26-13-3-21(4-14-26)19-30-25-11-7-22(8-12-25)27-20-39-28(31-27)23-5-9-24(29)10-6-23/h3-14,19-20H,15-18H2,1-2H3. The van der Waals surface area contributed by atoms with Crippen LogP contribution in [0.5, 0.6) is 0 Å². The molecular formula is C28H28BrN3O6S3. The van der Waals surface area contributed by atoms with E-state index in [0.29, 0.717) is 0 Å². The van der Waals surface area contributed by atoms with E-state index in [1.54, 1.807) is 22.5 Å². The molecule has 4 aromatic rings. The highest BCUT2D eigenvalue weighted by molar-refractivity contribution is 9.10. The molecule has 0 unspecified atom stereocenters. The average Bonchev–Trinajstić information content (AvgIpc) is 3.41. The first-order valence-corrected chi connectivity index (χ1v) is 17.7. The maximum atomic E-state index is 11.3. The highest BCUT2D eigenvalue weighted by atomic mass is 79.9. The van der Waals surface area contributed by atoms with Crippen LogP contribution in [0.3, 0.4) is 0 Å². The minimum absolute atomic E-state index is 0.0800. The number of benzene rings is 3. The number of rotatable bonds is 13. The van der Waals surface area contributed by atoms with Crippen molar-refractivity contribution in [3.05, 3.63) is 88.2 Å². The summed E-state index contributed by atoms with van der Waals surface area (Å²) in [5.41, 5.74) is 5.39. The lowest BCUT2D eigenvalue weighted by Gasteiger charge is -2.24. The highest BCUT2D eigenvalue weighted by Crippen LogP contribution is 2.30. The third kappa shape index (κ3) is 10.1. The molecule has 0 saturated carbocycles. The lowest BCUT2D eigenvalue weighted by atomic mass is 10.1. The van der Waals surface area contributed by atoms with E-state index in [1.807, 2.05) is 78.2 Å². The van der Waals surface area contributed by atoms with Gasteiger partial charge in [0.2, 0.25) is 0 Å². The molecule has 4 rings (SSSR count). The van der Waals surface area contributed by atoms with E-state index in [2.05, 4.69) is 20.9 Å². The van der Waals surface area contributed by atoms with Crippen LogP contribution in [0.25, 0.3) is 21.8 Å². The number of hydrogen-bond donors (Lipinski definition) is 0. The SMILES string of the molecule is CS(=O)(=O)OCCN(CCOS(C)(=O)=O)c1ccc(C=Nc2ccc(-c3csc(-c4ccc(Br)cc4)n3)cc2)cc1. The summed E-state index contributed by atoms with van der Waals surface area (Å²) in [5.74, 6) is 0. The normalized spacial score (nSPS) is 12.2. The number of aromatic nitrogens is 1. The molecule has 1 aromatic heterocycles. The molecule has 41 heavy (non-hydrogen) atoms. The Morgan fingerprint density at radius 2 is 1.39 bits per heavy atom. The Labute approximate surface area is 252 Å².